The lowest BCUT2D eigenvalue weighted by molar-refractivity contribution is 0.122. The average Bonchev–Trinajstić information content (AvgIpc) is 3.41. The van der Waals surface area contributed by atoms with Crippen molar-refractivity contribution < 1.29 is 4.74 Å². The quantitative estimate of drug-likeness (QED) is 0.670. The summed E-state index contributed by atoms with van der Waals surface area (Å²) in [4.78, 5) is 20.7. The zero-order chi connectivity index (χ0) is 20.5. The van der Waals surface area contributed by atoms with Crippen LogP contribution in [-0.2, 0) is 11.3 Å². The van der Waals surface area contributed by atoms with Gasteiger partial charge < -0.3 is 15.0 Å². The van der Waals surface area contributed by atoms with E-state index in [0.717, 1.165) is 76.2 Å². The number of ether oxygens (including phenoxy) is 1. The van der Waals surface area contributed by atoms with Crippen LogP contribution < -0.4 is 10.2 Å². The Balaban J connectivity index is 1.57. The highest BCUT2D eigenvalue weighted by Gasteiger charge is 2.22. The van der Waals surface area contributed by atoms with Crippen LogP contribution in [0.25, 0.3) is 16.2 Å². The molecular weight excluding hydrogens is 398 g/mol. The number of imidazole rings is 1. The molecule has 0 radical (unpaired) electrons. The van der Waals surface area contributed by atoms with Gasteiger partial charge in [0.25, 0.3) is 0 Å². The van der Waals surface area contributed by atoms with Gasteiger partial charge in [0.15, 0.2) is 5.82 Å². The van der Waals surface area contributed by atoms with Gasteiger partial charge in [0.2, 0.25) is 5.95 Å². The number of fused-ring (bicyclic) bond motifs is 1. The molecule has 0 aliphatic carbocycles. The maximum atomic E-state index is 5.58. The molecule has 160 valence electrons. The first-order chi connectivity index (χ1) is 14.7. The molecule has 5 heterocycles. The Morgan fingerprint density at radius 1 is 1.13 bits per heavy atom. The number of aromatic nitrogens is 4. The van der Waals surface area contributed by atoms with Crippen molar-refractivity contribution in [3.05, 3.63) is 29.2 Å². The van der Waals surface area contributed by atoms with Crippen molar-refractivity contribution in [1.82, 2.24) is 29.7 Å². The van der Waals surface area contributed by atoms with Crippen LogP contribution in [0.4, 0.5) is 5.82 Å². The fourth-order valence-electron chi connectivity index (χ4n) is 4.13. The summed E-state index contributed by atoms with van der Waals surface area (Å²) in [6.45, 7) is 12.8. The van der Waals surface area contributed by atoms with Crippen LogP contribution in [0.5, 0.6) is 0 Å². The van der Waals surface area contributed by atoms with Gasteiger partial charge in [0.05, 0.1) is 23.4 Å². The van der Waals surface area contributed by atoms with Crippen molar-refractivity contribution in [2.24, 2.45) is 0 Å². The fraction of sp³-hybridized carbons (Fsp3) is 0.571. The maximum Gasteiger partial charge on any atom is 0.237 e. The first-order valence-corrected chi connectivity index (χ1v) is 11.6. The molecule has 3 aromatic heterocycles. The van der Waals surface area contributed by atoms with Crippen molar-refractivity contribution in [3.8, 4) is 5.95 Å². The van der Waals surface area contributed by atoms with Gasteiger partial charge in [-0.3, -0.25) is 9.47 Å². The van der Waals surface area contributed by atoms with E-state index < -0.39 is 0 Å². The highest BCUT2D eigenvalue weighted by molar-refractivity contribution is 7.19. The van der Waals surface area contributed by atoms with Gasteiger partial charge in [-0.15, -0.1) is 11.3 Å². The molecule has 0 saturated carbocycles. The summed E-state index contributed by atoms with van der Waals surface area (Å²) in [6.07, 6.45) is 3.80. The molecule has 0 bridgehead atoms. The molecule has 0 unspecified atom stereocenters. The third-order valence-corrected chi connectivity index (χ3v) is 6.80. The van der Waals surface area contributed by atoms with E-state index in [1.165, 1.54) is 9.58 Å². The number of rotatable bonds is 5. The molecule has 5 rings (SSSR count). The van der Waals surface area contributed by atoms with Crippen LogP contribution in [0, 0.1) is 0 Å². The second-order valence-corrected chi connectivity index (χ2v) is 9.35. The Morgan fingerprint density at radius 3 is 2.70 bits per heavy atom. The van der Waals surface area contributed by atoms with Gasteiger partial charge in [0, 0.05) is 69.0 Å². The Hall–Kier alpha value is -2.07. The molecule has 0 spiro atoms. The number of nitrogens with one attached hydrogen (secondary N) is 1. The predicted molar refractivity (Wildman–Crippen MR) is 120 cm³/mol. The van der Waals surface area contributed by atoms with E-state index in [4.69, 9.17) is 14.7 Å². The van der Waals surface area contributed by atoms with Crippen LogP contribution in [0.15, 0.2) is 18.5 Å². The third-order valence-electron chi connectivity index (χ3n) is 5.69. The molecule has 0 atom stereocenters. The summed E-state index contributed by atoms with van der Waals surface area (Å²) in [7, 11) is 0. The normalized spacial score (nSPS) is 18.6. The van der Waals surface area contributed by atoms with Crippen molar-refractivity contribution in [1.29, 1.82) is 0 Å². The van der Waals surface area contributed by atoms with Gasteiger partial charge in [-0.1, -0.05) is 13.8 Å². The topological polar surface area (TPSA) is 71.3 Å². The number of morpholine rings is 1. The second kappa shape index (κ2) is 8.58. The van der Waals surface area contributed by atoms with Crippen molar-refractivity contribution in [2.75, 3.05) is 57.4 Å². The zero-order valence-corrected chi connectivity index (χ0v) is 18.5. The molecule has 30 heavy (non-hydrogen) atoms. The number of hydrogen-bond acceptors (Lipinski definition) is 8. The Bertz CT molecular complexity index is 1000. The summed E-state index contributed by atoms with van der Waals surface area (Å²) < 4.78 is 8.79. The molecule has 8 nitrogen and oxygen atoms in total. The molecule has 0 aromatic carbocycles. The van der Waals surface area contributed by atoms with Gasteiger partial charge in [-0.25, -0.2) is 9.97 Å². The number of anilines is 1. The first-order valence-electron chi connectivity index (χ1n) is 10.8. The van der Waals surface area contributed by atoms with Gasteiger partial charge in [-0.2, -0.15) is 4.98 Å². The lowest BCUT2D eigenvalue weighted by Crippen LogP contribution is -2.42. The van der Waals surface area contributed by atoms with Crippen LogP contribution >= 0.6 is 11.3 Å². The SMILES string of the molecule is CC(C)c1nccn1-c1nc(N2CCOCC2)c2sc(CN3CCNCC3)cc2n1. The van der Waals surface area contributed by atoms with Gasteiger partial charge in [0.1, 0.15) is 5.82 Å². The van der Waals surface area contributed by atoms with E-state index in [-0.39, 0.29) is 0 Å². The lowest BCUT2D eigenvalue weighted by atomic mass is 10.2. The van der Waals surface area contributed by atoms with E-state index in [1.54, 1.807) is 0 Å². The first kappa shape index (κ1) is 19.9. The van der Waals surface area contributed by atoms with Gasteiger partial charge >= 0.3 is 0 Å². The number of piperazine rings is 1. The third kappa shape index (κ3) is 3.94. The van der Waals surface area contributed by atoms with E-state index in [1.807, 2.05) is 28.3 Å². The molecule has 2 aliphatic rings. The van der Waals surface area contributed by atoms with Gasteiger partial charge in [-0.05, 0) is 6.07 Å². The zero-order valence-electron chi connectivity index (χ0n) is 17.7. The number of nitrogens with zero attached hydrogens (tertiary/aromatic N) is 6. The molecule has 0 amide bonds. The minimum absolute atomic E-state index is 0.303. The minimum atomic E-state index is 0.303. The molecule has 9 heteroatoms. The molecule has 1 N–H and O–H groups in total. The highest BCUT2D eigenvalue weighted by Crippen LogP contribution is 2.34. The summed E-state index contributed by atoms with van der Waals surface area (Å²) >= 11 is 1.83. The number of thiophene rings is 1. The predicted octanol–water partition coefficient (Wildman–Crippen LogP) is 2.24. The van der Waals surface area contributed by atoms with E-state index >= 15 is 0 Å². The van der Waals surface area contributed by atoms with Crippen LogP contribution in [0.2, 0.25) is 0 Å². The van der Waals surface area contributed by atoms with Crippen molar-refractivity contribution >= 4 is 27.4 Å². The summed E-state index contributed by atoms with van der Waals surface area (Å²) in [5.74, 6) is 3.02. The van der Waals surface area contributed by atoms with Crippen molar-refractivity contribution in [2.45, 2.75) is 26.3 Å². The van der Waals surface area contributed by atoms with E-state index in [0.29, 0.717) is 11.9 Å². The summed E-state index contributed by atoms with van der Waals surface area (Å²) in [5.41, 5.74) is 1.03. The Labute approximate surface area is 180 Å². The summed E-state index contributed by atoms with van der Waals surface area (Å²) in [6, 6.07) is 2.25. The van der Waals surface area contributed by atoms with E-state index in [9.17, 15) is 0 Å². The van der Waals surface area contributed by atoms with Crippen molar-refractivity contribution in [3.63, 3.8) is 0 Å². The second-order valence-electron chi connectivity index (χ2n) is 8.21. The maximum absolute atomic E-state index is 5.58. The fourth-order valence-corrected chi connectivity index (χ4v) is 5.28. The molecule has 2 fully saturated rings. The number of hydrogen-bond donors (Lipinski definition) is 1. The average molecular weight is 428 g/mol. The molecule has 2 aliphatic heterocycles. The molecule has 2 saturated heterocycles. The standard InChI is InChI=1S/C21H29N7OS/c1-15(2)19-23-5-8-28(19)21-24-17-13-16(14-26-6-3-22-4-7-26)30-18(17)20(25-21)27-9-11-29-12-10-27/h5,8,13,15,22H,3-4,6-7,9-12,14H2,1-2H3. The Kier molecular flexibility index (Phi) is 5.68. The summed E-state index contributed by atoms with van der Waals surface area (Å²) in [5, 5.41) is 3.43. The van der Waals surface area contributed by atoms with E-state index in [2.05, 4.69) is 40.0 Å². The monoisotopic (exact) mass is 427 g/mol. The largest absolute Gasteiger partial charge is 0.378 e. The smallest absolute Gasteiger partial charge is 0.237 e. The minimum Gasteiger partial charge on any atom is -0.378 e. The van der Waals surface area contributed by atoms with Crippen LogP contribution in [-0.4, -0.2) is 76.9 Å². The molecule has 3 aromatic rings. The van der Waals surface area contributed by atoms with Crippen LogP contribution in [0.3, 0.4) is 0 Å². The molecular formula is C21H29N7OS. The highest BCUT2D eigenvalue weighted by atomic mass is 32.1. The van der Waals surface area contributed by atoms with Crippen LogP contribution in [0.1, 0.15) is 30.5 Å². The Morgan fingerprint density at radius 2 is 1.93 bits per heavy atom. The lowest BCUT2D eigenvalue weighted by Gasteiger charge is -2.28.